The Hall–Kier alpha value is -0.910. The van der Waals surface area contributed by atoms with E-state index < -0.39 is 10.0 Å². The Bertz CT molecular complexity index is 531. The Balaban J connectivity index is 2.02. The van der Waals surface area contributed by atoms with Crippen LogP contribution in [0, 0.1) is 5.41 Å². The number of piperidine rings is 1. The van der Waals surface area contributed by atoms with Crippen LogP contribution in [-0.4, -0.2) is 28.1 Å². The maximum absolute atomic E-state index is 12.3. The molecule has 0 aromatic heterocycles. The lowest BCUT2D eigenvalue weighted by molar-refractivity contribution is 0.232. The van der Waals surface area contributed by atoms with Crippen molar-refractivity contribution in [2.45, 2.75) is 38.0 Å². The molecule has 112 valence electrons. The molecule has 5 heteroatoms. The minimum atomic E-state index is -3.39. The summed E-state index contributed by atoms with van der Waals surface area (Å²) >= 11 is 0. The first-order chi connectivity index (χ1) is 9.45. The predicted molar refractivity (Wildman–Crippen MR) is 81.2 cm³/mol. The maximum Gasteiger partial charge on any atom is 0.240 e. The van der Waals surface area contributed by atoms with Gasteiger partial charge in [-0.15, -0.1) is 0 Å². The predicted octanol–water partition coefficient (Wildman–Crippen LogP) is 1.92. The molecule has 1 heterocycles. The van der Waals surface area contributed by atoms with Crippen LogP contribution in [0.15, 0.2) is 29.2 Å². The molecule has 0 atom stereocenters. The number of rotatable bonds is 5. The minimum Gasteiger partial charge on any atom is -0.317 e. The molecular formula is C15H24N2O2S. The first-order valence-electron chi connectivity index (χ1n) is 7.24. The smallest absolute Gasteiger partial charge is 0.240 e. The van der Waals surface area contributed by atoms with E-state index in [1.807, 2.05) is 12.1 Å². The van der Waals surface area contributed by atoms with E-state index in [0.29, 0.717) is 11.4 Å². The summed E-state index contributed by atoms with van der Waals surface area (Å²) < 4.78 is 27.3. The van der Waals surface area contributed by atoms with Gasteiger partial charge in [-0.2, -0.15) is 0 Å². The molecule has 1 fully saturated rings. The SMILES string of the molecule is CCc1ccc(S(=O)(=O)NCC2(C)CCNCC2)cc1. The molecule has 0 unspecified atom stereocenters. The third kappa shape index (κ3) is 3.81. The van der Waals surface area contributed by atoms with Crippen molar-refractivity contribution in [1.82, 2.24) is 10.0 Å². The second-order valence-electron chi connectivity index (χ2n) is 5.88. The number of hydrogen-bond donors (Lipinski definition) is 2. The average Bonchev–Trinajstić information content (AvgIpc) is 2.46. The average molecular weight is 296 g/mol. The molecule has 0 radical (unpaired) electrons. The normalized spacial score (nSPS) is 18.9. The minimum absolute atomic E-state index is 0.0572. The molecule has 4 nitrogen and oxygen atoms in total. The van der Waals surface area contributed by atoms with Gasteiger partial charge in [-0.3, -0.25) is 0 Å². The van der Waals surface area contributed by atoms with Crippen LogP contribution in [0.3, 0.4) is 0 Å². The summed E-state index contributed by atoms with van der Waals surface area (Å²) in [4.78, 5) is 0.354. The molecule has 0 amide bonds. The molecule has 1 aromatic carbocycles. The van der Waals surface area contributed by atoms with E-state index in [4.69, 9.17) is 0 Å². The van der Waals surface area contributed by atoms with Crippen molar-refractivity contribution in [2.24, 2.45) is 5.41 Å². The summed E-state index contributed by atoms with van der Waals surface area (Å²) in [5.41, 5.74) is 1.20. The molecular weight excluding hydrogens is 272 g/mol. The summed E-state index contributed by atoms with van der Waals surface area (Å²) in [6, 6.07) is 7.12. The highest BCUT2D eigenvalue weighted by atomic mass is 32.2. The molecule has 20 heavy (non-hydrogen) atoms. The number of aryl methyl sites for hydroxylation is 1. The van der Waals surface area contributed by atoms with Crippen LogP contribution in [0.4, 0.5) is 0 Å². The molecule has 1 aromatic rings. The van der Waals surface area contributed by atoms with Gasteiger partial charge < -0.3 is 5.32 Å². The lowest BCUT2D eigenvalue weighted by atomic mass is 9.81. The van der Waals surface area contributed by atoms with Gasteiger partial charge in [-0.05, 0) is 55.5 Å². The second kappa shape index (κ2) is 6.24. The van der Waals surface area contributed by atoms with Crippen LogP contribution in [0.25, 0.3) is 0 Å². The molecule has 0 spiro atoms. The Morgan fingerprint density at radius 1 is 1.20 bits per heavy atom. The molecule has 2 N–H and O–H groups in total. The number of nitrogens with one attached hydrogen (secondary N) is 2. The molecule has 0 aliphatic carbocycles. The van der Waals surface area contributed by atoms with Crippen LogP contribution >= 0.6 is 0 Å². The van der Waals surface area contributed by atoms with Crippen molar-refractivity contribution in [3.8, 4) is 0 Å². The topological polar surface area (TPSA) is 58.2 Å². The summed E-state index contributed by atoms with van der Waals surface area (Å²) in [7, 11) is -3.39. The zero-order valence-electron chi connectivity index (χ0n) is 12.3. The second-order valence-corrected chi connectivity index (χ2v) is 7.65. The summed E-state index contributed by atoms with van der Waals surface area (Å²) in [6.45, 7) is 6.63. The van der Waals surface area contributed by atoms with Crippen molar-refractivity contribution in [3.63, 3.8) is 0 Å². The summed E-state index contributed by atoms with van der Waals surface area (Å²) in [5.74, 6) is 0. The number of hydrogen-bond acceptors (Lipinski definition) is 3. The van der Waals surface area contributed by atoms with E-state index in [1.54, 1.807) is 12.1 Å². The van der Waals surface area contributed by atoms with Crippen LogP contribution in [0.1, 0.15) is 32.3 Å². The summed E-state index contributed by atoms with van der Waals surface area (Å²) in [6.07, 6.45) is 2.92. The van der Waals surface area contributed by atoms with E-state index in [-0.39, 0.29) is 5.41 Å². The Labute approximate surface area is 122 Å². The van der Waals surface area contributed by atoms with Gasteiger partial charge in [0.2, 0.25) is 10.0 Å². The lowest BCUT2D eigenvalue weighted by Gasteiger charge is -2.34. The monoisotopic (exact) mass is 296 g/mol. The molecule has 0 saturated carbocycles. The van der Waals surface area contributed by atoms with Crippen LogP contribution < -0.4 is 10.0 Å². The molecule has 2 rings (SSSR count). The maximum atomic E-state index is 12.3. The van der Waals surface area contributed by atoms with Gasteiger partial charge in [0.25, 0.3) is 0 Å². The van der Waals surface area contributed by atoms with E-state index in [9.17, 15) is 8.42 Å². The highest BCUT2D eigenvalue weighted by Gasteiger charge is 2.28. The molecule has 1 aliphatic rings. The van der Waals surface area contributed by atoms with Gasteiger partial charge >= 0.3 is 0 Å². The fraction of sp³-hybridized carbons (Fsp3) is 0.600. The Morgan fingerprint density at radius 2 is 1.80 bits per heavy atom. The first kappa shape index (κ1) is 15.5. The fourth-order valence-corrected chi connectivity index (χ4v) is 3.66. The molecule has 1 saturated heterocycles. The lowest BCUT2D eigenvalue weighted by Crippen LogP contribution is -2.42. The van der Waals surface area contributed by atoms with Crippen LogP contribution in [0.2, 0.25) is 0 Å². The van der Waals surface area contributed by atoms with Crippen molar-refractivity contribution >= 4 is 10.0 Å². The number of sulfonamides is 1. The van der Waals surface area contributed by atoms with Crippen LogP contribution in [0.5, 0.6) is 0 Å². The quantitative estimate of drug-likeness (QED) is 0.873. The first-order valence-corrected chi connectivity index (χ1v) is 8.73. The zero-order chi connectivity index (χ0) is 14.6. The Kier molecular flexibility index (Phi) is 4.83. The van der Waals surface area contributed by atoms with Gasteiger partial charge in [0.1, 0.15) is 0 Å². The molecule has 1 aliphatic heterocycles. The number of benzene rings is 1. The zero-order valence-corrected chi connectivity index (χ0v) is 13.1. The van der Waals surface area contributed by atoms with Gasteiger partial charge in [0.05, 0.1) is 4.90 Å². The van der Waals surface area contributed by atoms with E-state index >= 15 is 0 Å². The largest absolute Gasteiger partial charge is 0.317 e. The molecule has 0 bridgehead atoms. The summed E-state index contributed by atoms with van der Waals surface area (Å²) in [5, 5.41) is 3.30. The van der Waals surface area contributed by atoms with Gasteiger partial charge in [0, 0.05) is 6.54 Å². The van der Waals surface area contributed by atoms with E-state index in [0.717, 1.165) is 37.9 Å². The van der Waals surface area contributed by atoms with Gasteiger partial charge in [-0.1, -0.05) is 26.0 Å². The van der Waals surface area contributed by atoms with Crippen molar-refractivity contribution in [2.75, 3.05) is 19.6 Å². The third-order valence-corrected chi connectivity index (χ3v) is 5.56. The Morgan fingerprint density at radius 3 is 2.35 bits per heavy atom. The van der Waals surface area contributed by atoms with Gasteiger partial charge in [-0.25, -0.2) is 13.1 Å². The van der Waals surface area contributed by atoms with Crippen molar-refractivity contribution in [1.29, 1.82) is 0 Å². The fourth-order valence-electron chi connectivity index (χ4n) is 2.46. The van der Waals surface area contributed by atoms with E-state index in [2.05, 4.69) is 23.9 Å². The van der Waals surface area contributed by atoms with Crippen molar-refractivity contribution < 1.29 is 8.42 Å². The van der Waals surface area contributed by atoms with Crippen molar-refractivity contribution in [3.05, 3.63) is 29.8 Å². The van der Waals surface area contributed by atoms with Gasteiger partial charge in [0.15, 0.2) is 0 Å². The van der Waals surface area contributed by atoms with E-state index in [1.165, 1.54) is 0 Å². The highest BCUT2D eigenvalue weighted by Crippen LogP contribution is 2.27. The van der Waals surface area contributed by atoms with Crippen LogP contribution in [-0.2, 0) is 16.4 Å². The highest BCUT2D eigenvalue weighted by molar-refractivity contribution is 7.89. The third-order valence-electron chi connectivity index (χ3n) is 4.14. The standard InChI is InChI=1S/C15H24N2O2S/c1-3-13-4-6-14(7-5-13)20(18,19)17-12-15(2)8-10-16-11-9-15/h4-7,16-17H,3,8-12H2,1-2H3.